The summed E-state index contributed by atoms with van der Waals surface area (Å²) in [4.78, 5) is 0. The van der Waals surface area contributed by atoms with Gasteiger partial charge in [-0.1, -0.05) is 0 Å². The van der Waals surface area contributed by atoms with E-state index in [0.29, 0.717) is 6.61 Å². The lowest BCUT2D eigenvalue weighted by Gasteiger charge is -2.15. The van der Waals surface area contributed by atoms with Crippen LogP contribution < -0.4 is 5.32 Å². The third-order valence-corrected chi connectivity index (χ3v) is 3.96. The van der Waals surface area contributed by atoms with Crippen molar-refractivity contribution in [2.24, 2.45) is 0 Å². The maximum atomic E-state index is 6.02. The number of aryl methyl sites for hydroxylation is 2. The average Bonchev–Trinajstić information content (AvgIpc) is 2.75. The molecule has 1 heterocycles. The first-order valence-electron chi connectivity index (χ1n) is 7.03. The summed E-state index contributed by atoms with van der Waals surface area (Å²) in [6.07, 6.45) is 4.99. The van der Waals surface area contributed by atoms with Crippen molar-refractivity contribution >= 4 is 11.0 Å². The minimum absolute atomic E-state index is 0.614. The van der Waals surface area contributed by atoms with Crippen LogP contribution in [0.4, 0.5) is 0 Å². The van der Waals surface area contributed by atoms with Gasteiger partial charge in [0, 0.05) is 18.1 Å². The molecule has 0 bridgehead atoms. The Morgan fingerprint density at radius 2 is 1.95 bits per heavy atom. The first-order valence-corrected chi connectivity index (χ1v) is 7.03. The van der Waals surface area contributed by atoms with E-state index in [1.165, 1.54) is 47.8 Å². The van der Waals surface area contributed by atoms with Gasteiger partial charge in [0.1, 0.15) is 11.3 Å². The summed E-state index contributed by atoms with van der Waals surface area (Å²) >= 11 is 0. The molecule has 1 aromatic carbocycles. The molecular weight excluding hydrogens is 238 g/mol. The van der Waals surface area contributed by atoms with E-state index in [1.807, 2.05) is 7.05 Å². The van der Waals surface area contributed by atoms with E-state index in [4.69, 9.17) is 9.15 Å². The van der Waals surface area contributed by atoms with Crippen molar-refractivity contribution in [3.8, 4) is 0 Å². The van der Waals surface area contributed by atoms with Crippen LogP contribution in [0.15, 0.2) is 16.5 Å². The van der Waals surface area contributed by atoms with Gasteiger partial charge < -0.3 is 14.5 Å². The summed E-state index contributed by atoms with van der Waals surface area (Å²) in [6, 6.07) is 4.56. The fourth-order valence-corrected chi connectivity index (χ4v) is 3.03. The van der Waals surface area contributed by atoms with Crippen LogP contribution in [0.1, 0.15) is 35.3 Å². The second-order valence-electron chi connectivity index (χ2n) is 5.29. The highest BCUT2D eigenvalue weighted by Gasteiger charge is 2.17. The van der Waals surface area contributed by atoms with Crippen LogP contribution in [-0.2, 0) is 30.7 Å². The fraction of sp³-hybridized carbons (Fsp3) is 0.500. The number of hydrogen-bond acceptors (Lipinski definition) is 3. The first kappa shape index (κ1) is 12.7. The third-order valence-electron chi connectivity index (χ3n) is 3.96. The van der Waals surface area contributed by atoms with Crippen molar-refractivity contribution < 1.29 is 9.15 Å². The molecule has 102 valence electrons. The highest BCUT2D eigenvalue weighted by atomic mass is 16.5. The smallest absolute Gasteiger partial charge is 0.135 e. The molecule has 0 saturated carbocycles. The molecule has 0 fully saturated rings. The van der Waals surface area contributed by atoms with Crippen LogP contribution >= 0.6 is 0 Å². The molecule has 0 unspecified atom stereocenters. The molecule has 3 nitrogen and oxygen atoms in total. The lowest BCUT2D eigenvalue weighted by atomic mass is 9.90. The van der Waals surface area contributed by atoms with Crippen molar-refractivity contribution in [3.05, 3.63) is 34.6 Å². The molecule has 0 amide bonds. The molecule has 19 heavy (non-hydrogen) atoms. The summed E-state index contributed by atoms with van der Waals surface area (Å²) in [5, 5.41) is 4.39. The number of methoxy groups -OCH3 is 1. The Hall–Kier alpha value is -1.32. The Morgan fingerprint density at radius 1 is 1.21 bits per heavy atom. The van der Waals surface area contributed by atoms with Gasteiger partial charge in [-0.2, -0.15) is 0 Å². The second-order valence-corrected chi connectivity index (χ2v) is 5.29. The summed E-state index contributed by atoms with van der Waals surface area (Å²) in [6.45, 7) is 1.36. The molecule has 3 rings (SSSR count). The average molecular weight is 259 g/mol. The predicted octanol–water partition coefficient (Wildman–Crippen LogP) is 3.18. The molecular formula is C16H21NO2. The van der Waals surface area contributed by atoms with Gasteiger partial charge in [-0.05, 0) is 56.0 Å². The third kappa shape index (κ3) is 2.28. The SMILES string of the molecule is CNCc1oc2cc3c(cc2c1COC)CCCC3. The molecule has 2 aromatic rings. The number of fused-ring (bicyclic) bond motifs is 2. The van der Waals surface area contributed by atoms with E-state index < -0.39 is 0 Å². The second kappa shape index (κ2) is 5.35. The molecule has 0 atom stereocenters. The lowest BCUT2D eigenvalue weighted by molar-refractivity contribution is 0.183. The van der Waals surface area contributed by atoms with Crippen molar-refractivity contribution in [3.63, 3.8) is 0 Å². The number of hydrogen-bond donors (Lipinski definition) is 1. The van der Waals surface area contributed by atoms with E-state index in [2.05, 4.69) is 17.4 Å². The fourth-order valence-electron chi connectivity index (χ4n) is 3.03. The summed E-state index contributed by atoms with van der Waals surface area (Å²) in [5.41, 5.74) is 5.17. The van der Waals surface area contributed by atoms with E-state index in [0.717, 1.165) is 17.9 Å². The maximum Gasteiger partial charge on any atom is 0.135 e. The highest BCUT2D eigenvalue weighted by molar-refractivity contribution is 5.84. The Balaban J connectivity index is 2.14. The molecule has 3 heteroatoms. The Labute approximate surface area is 113 Å². The summed E-state index contributed by atoms with van der Waals surface area (Å²) in [7, 11) is 3.68. The van der Waals surface area contributed by atoms with Crippen LogP contribution in [0.3, 0.4) is 0 Å². The van der Waals surface area contributed by atoms with E-state index >= 15 is 0 Å². The molecule has 1 aliphatic carbocycles. The Bertz CT molecular complexity index is 586. The van der Waals surface area contributed by atoms with E-state index in [-0.39, 0.29) is 0 Å². The molecule has 0 spiro atoms. The standard InChI is InChI=1S/C16H21NO2/c1-17-9-16-14(10-18-2)13-7-11-5-3-4-6-12(11)8-15(13)19-16/h7-8,17H,3-6,9-10H2,1-2H3. The summed E-state index contributed by atoms with van der Waals surface area (Å²) < 4.78 is 11.4. The van der Waals surface area contributed by atoms with Gasteiger partial charge in [0.15, 0.2) is 0 Å². The molecule has 1 N–H and O–H groups in total. The zero-order chi connectivity index (χ0) is 13.2. The number of nitrogens with one attached hydrogen (secondary N) is 1. The normalized spacial score (nSPS) is 14.8. The van der Waals surface area contributed by atoms with Crippen LogP contribution in [-0.4, -0.2) is 14.2 Å². The minimum Gasteiger partial charge on any atom is -0.459 e. The Morgan fingerprint density at radius 3 is 2.63 bits per heavy atom. The van der Waals surface area contributed by atoms with Crippen molar-refractivity contribution in [1.29, 1.82) is 0 Å². The Kier molecular flexibility index (Phi) is 3.58. The van der Waals surface area contributed by atoms with Gasteiger partial charge in [0.25, 0.3) is 0 Å². The van der Waals surface area contributed by atoms with Crippen LogP contribution in [0.2, 0.25) is 0 Å². The zero-order valence-corrected chi connectivity index (χ0v) is 11.7. The van der Waals surface area contributed by atoms with Crippen LogP contribution in [0.25, 0.3) is 11.0 Å². The number of rotatable bonds is 4. The number of benzene rings is 1. The van der Waals surface area contributed by atoms with E-state index in [1.54, 1.807) is 7.11 Å². The quantitative estimate of drug-likeness (QED) is 0.915. The molecule has 0 radical (unpaired) electrons. The monoisotopic (exact) mass is 259 g/mol. The molecule has 0 aliphatic heterocycles. The van der Waals surface area contributed by atoms with Gasteiger partial charge in [-0.25, -0.2) is 0 Å². The minimum atomic E-state index is 0.614. The van der Waals surface area contributed by atoms with Gasteiger partial charge in [-0.15, -0.1) is 0 Å². The van der Waals surface area contributed by atoms with Gasteiger partial charge in [0.05, 0.1) is 13.2 Å². The highest BCUT2D eigenvalue weighted by Crippen LogP contribution is 2.32. The first-order chi connectivity index (χ1) is 9.33. The van der Waals surface area contributed by atoms with Crippen molar-refractivity contribution in [1.82, 2.24) is 5.32 Å². The molecule has 1 aromatic heterocycles. The zero-order valence-electron chi connectivity index (χ0n) is 11.7. The topological polar surface area (TPSA) is 34.4 Å². The van der Waals surface area contributed by atoms with E-state index in [9.17, 15) is 0 Å². The number of ether oxygens (including phenoxy) is 1. The molecule has 1 aliphatic rings. The van der Waals surface area contributed by atoms with Gasteiger partial charge in [-0.3, -0.25) is 0 Å². The summed E-state index contributed by atoms with van der Waals surface area (Å²) in [5.74, 6) is 1.00. The molecule has 0 saturated heterocycles. The maximum absolute atomic E-state index is 6.02. The largest absolute Gasteiger partial charge is 0.459 e. The predicted molar refractivity (Wildman–Crippen MR) is 76.3 cm³/mol. The van der Waals surface area contributed by atoms with Crippen molar-refractivity contribution in [2.45, 2.75) is 38.8 Å². The number of furan rings is 1. The van der Waals surface area contributed by atoms with Gasteiger partial charge >= 0.3 is 0 Å². The van der Waals surface area contributed by atoms with Crippen LogP contribution in [0.5, 0.6) is 0 Å². The lowest BCUT2D eigenvalue weighted by Crippen LogP contribution is -2.06. The van der Waals surface area contributed by atoms with Crippen molar-refractivity contribution in [2.75, 3.05) is 14.2 Å². The van der Waals surface area contributed by atoms with Gasteiger partial charge in [0.2, 0.25) is 0 Å². The van der Waals surface area contributed by atoms with Crippen LogP contribution in [0, 0.1) is 0 Å².